The molecule has 2 aromatic carbocycles. The normalized spacial score (nSPS) is 10.8. The maximum absolute atomic E-state index is 13.7. The van der Waals surface area contributed by atoms with Crippen molar-refractivity contribution in [2.45, 2.75) is 104 Å². The van der Waals surface area contributed by atoms with Crippen LogP contribution in [0.4, 0.5) is 0 Å². The van der Waals surface area contributed by atoms with E-state index in [0.717, 1.165) is 43.0 Å². The average Bonchev–Trinajstić information content (AvgIpc) is 2.94. The number of aromatic hydroxyl groups is 2. The highest BCUT2D eigenvalue weighted by Crippen LogP contribution is 2.46. The summed E-state index contributed by atoms with van der Waals surface area (Å²) in [5.74, 6) is -5.44. The van der Waals surface area contributed by atoms with Crippen molar-refractivity contribution < 1.29 is 38.9 Å². The third kappa shape index (κ3) is 9.99. The molecule has 0 heterocycles. The van der Waals surface area contributed by atoms with Gasteiger partial charge in [0.05, 0.1) is 16.7 Å². The monoisotopic (exact) mass is 632 g/mol. The summed E-state index contributed by atoms with van der Waals surface area (Å²) < 4.78 is 11.7. The molecule has 0 atom stereocenters. The second kappa shape index (κ2) is 17.6. The third-order valence-electron chi connectivity index (χ3n) is 6.64. The molecule has 0 aromatic heterocycles. The summed E-state index contributed by atoms with van der Waals surface area (Å²) in [5.41, 5.74) is -0.764. The number of esters is 2. The van der Waals surface area contributed by atoms with Gasteiger partial charge >= 0.3 is 11.9 Å². The number of rotatable bonds is 18. The molecule has 224 valence electrons. The Bertz CT molecular complexity index is 1220. The van der Waals surface area contributed by atoms with Crippen LogP contribution in [0.2, 0.25) is 0 Å². The number of carbonyl (C=O) groups excluding carboxylic acids is 4. The zero-order valence-electron chi connectivity index (χ0n) is 24.2. The van der Waals surface area contributed by atoms with E-state index in [1.54, 1.807) is 18.2 Å². The summed E-state index contributed by atoms with van der Waals surface area (Å²) >= 11 is 3.37. The molecule has 0 aliphatic rings. The number of hydrogen-bond donors (Lipinski definition) is 2. The second-order valence-electron chi connectivity index (χ2n) is 10.0. The molecule has 0 unspecified atom stereocenters. The highest BCUT2D eigenvalue weighted by atomic mass is 79.9. The van der Waals surface area contributed by atoms with Crippen LogP contribution in [0, 0.1) is 0 Å². The standard InChI is InChI=1S/C32H41BrO8/c1-4-7-10-16-23(34)26-28(32(39)40-20-21-14-13-15-22(33)19-21)27(24(35)17-11-8-5-2)31(30(38)29(26)37)41-25(36)18-12-9-6-3/h13-15,19,37-38H,4-12,16-18,20H2,1-3H3. The van der Waals surface area contributed by atoms with E-state index in [-0.39, 0.29) is 25.9 Å². The minimum atomic E-state index is -1.04. The van der Waals surface area contributed by atoms with Crippen LogP contribution in [0.3, 0.4) is 0 Å². The molecule has 0 aliphatic carbocycles. The van der Waals surface area contributed by atoms with Crippen molar-refractivity contribution in [1.29, 1.82) is 0 Å². The summed E-state index contributed by atoms with van der Waals surface area (Å²) in [6.07, 6.45) is 6.22. The molecule has 0 saturated carbocycles. The van der Waals surface area contributed by atoms with Gasteiger partial charge in [0.25, 0.3) is 0 Å². The first kappa shape index (κ1) is 34.0. The van der Waals surface area contributed by atoms with E-state index in [2.05, 4.69) is 15.9 Å². The number of phenolic OH excluding ortho intramolecular Hbond substituents is 2. The SMILES string of the molecule is CCCCCC(=O)Oc1c(O)c(O)c(C(=O)CCCCC)c(C(=O)OCc2cccc(Br)c2)c1C(=O)CCCCC. The average molecular weight is 634 g/mol. The van der Waals surface area contributed by atoms with E-state index in [4.69, 9.17) is 9.47 Å². The molecular formula is C32H41BrO8. The van der Waals surface area contributed by atoms with E-state index in [9.17, 15) is 29.4 Å². The van der Waals surface area contributed by atoms with Gasteiger partial charge in [0, 0.05) is 23.7 Å². The smallest absolute Gasteiger partial charge is 0.340 e. The topological polar surface area (TPSA) is 127 Å². The van der Waals surface area contributed by atoms with Crippen molar-refractivity contribution in [3.05, 3.63) is 51.0 Å². The molecule has 8 nitrogen and oxygen atoms in total. The Hall–Kier alpha value is -3.20. The van der Waals surface area contributed by atoms with E-state index < -0.39 is 57.4 Å². The van der Waals surface area contributed by atoms with Crippen molar-refractivity contribution in [2.75, 3.05) is 0 Å². The molecule has 0 amide bonds. The van der Waals surface area contributed by atoms with Crippen LogP contribution in [0.5, 0.6) is 17.2 Å². The summed E-state index contributed by atoms with van der Waals surface area (Å²) in [6, 6.07) is 7.06. The number of ketones is 2. The summed E-state index contributed by atoms with van der Waals surface area (Å²) in [7, 11) is 0. The Labute approximate surface area is 250 Å². The molecule has 41 heavy (non-hydrogen) atoms. The van der Waals surface area contributed by atoms with Crippen molar-refractivity contribution in [3.63, 3.8) is 0 Å². The van der Waals surface area contributed by atoms with Crippen molar-refractivity contribution in [2.24, 2.45) is 0 Å². The number of ether oxygens (including phenoxy) is 2. The quantitative estimate of drug-likeness (QED) is 0.0553. The Morgan fingerprint density at radius 2 is 1.29 bits per heavy atom. The lowest BCUT2D eigenvalue weighted by molar-refractivity contribution is -0.134. The maximum atomic E-state index is 13.7. The molecular weight excluding hydrogens is 592 g/mol. The predicted molar refractivity (Wildman–Crippen MR) is 160 cm³/mol. The first-order valence-corrected chi connectivity index (χ1v) is 15.3. The van der Waals surface area contributed by atoms with Crippen LogP contribution in [0.1, 0.15) is 134 Å². The van der Waals surface area contributed by atoms with Gasteiger partial charge in [0.15, 0.2) is 23.1 Å². The number of Topliss-reactive ketones (excluding diaryl/α,β-unsaturated/α-hetero) is 2. The van der Waals surface area contributed by atoms with Gasteiger partial charge in [0.2, 0.25) is 5.75 Å². The molecule has 0 spiro atoms. The maximum Gasteiger partial charge on any atom is 0.340 e. The number of halogens is 1. The predicted octanol–water partition coefficient (Wildman–Crippen LogP) is 8.23. The Balaban J connectivity index is 2.69. The van der Waals surface area contributed by atoms with Gasteiger partial charge in [-0.15, -0.1) is 0 Å². The van der Waals surface area contributed by atoms with Gasteiger partial charge in [-0.3, -0.25) is 14.4 Å². The van der Waals surface area contributed by atoms with E-state index in [1.807, 2.05) is 26.8 Å². The van der Waals surface area contributed by atoms with Crippen LogP contribution in [0.25, 0.3) is 0 Å². The Morgan fingerprint density at radius 3 is 1.85 bits per heavy atom. The Morgan fingerprint density at radius 1 is 0.732 bits per heavy atom. The van der Waals surface area contributed by atoms with Crippen molar-refractivity contribution in [3.8, 4) is 17.2 Å². The molecule has 0 radical (unpaired) electrons. The molecule has 0 aliphatic heterocycles. The number of unbranched alkanes of at least 4 members (excludes halogenated alkanes) is 6. The van der Waals surface area contributed by atoms with Gasteiger partial charge in [-0.05, 0) is 37.0 Å². The number of hydrogen-bond acceptors (Lipinski definition) is 8. The van der Waals surface area contributed by atoms with E-state index in [0.29, 0.717) is 24.8 Å². The minimum absolute atomic E-state index is 0.0118. The molecule has 0 bridgehead atoms. The van der Waals surface area contributed by atoms with Crippen LogP contribution in [0.15, 0.2) is 28.7 Å². The van der Waals surface area contributed by atoms with E-state index in [1.165, 1.54) is 0 Å². The minimum Gasteiger partial charge on any atom is -0.504 e. The number of carbonyl (C=O) groups is 4. The van der Waals surface area contributed by atoms with Crippen LogP contribution >= 0.6 is 15.9 Å². The fourth-order valence-corrected chi connectivity index (χ4v) is 4.84. The van der Waals surface area contributed by atoms with E-state index >= 15 is 0 Å². The highest BCUT2D eigenvalue weighted by molar-refractivity contribution is 9.10. The summed E-state index contributed by atoms with van der Waals surface area (Å²) in [5, 5.41) is 22.0. The first-order chi connectivity index (χ1) is 19.7. The van der Waals surface area contributed by atoms with Gasteiger partial charge in [-0.2, -0.15) is 0 Å². The molecule has 0 saturated heterocycles. The van der Waals surface area contributed by atoms with Crippen molar-refractivity contribution >= 4 is 39.4 Å². The molecule has 2 rings (SSSR count). The highest BCUT2D eigenvalue weighted by Gasteiger charge is 2.36. The molecule has 9 heteroatoms. The summed E-state index contributed by atoms with van der Waals surface area (Å²) in [4.78, 5) is 53.3. The lowest BCUT2D eigenvalue weighted by Crippen LogP contribution is -2.21. The lowest BCUT2D eigenvalue weighted by atomic mass is 9.89. The third-order valence-corrected chi connectivity index (χ3v) is 7.13. The Kier molecular flexibility index (Phi) is 14.6. The fourth-order valence-electron chi connectivity index (χ4n) is 4.40. The zero-order valence-corrected chi connectivity index (χ0v) is 25.8. The lowest BCUT2D eigenvalue weighted by Gasteiger charge is -2.20. The van der Waals surface area contributed by atoms with Gasteiger partial charge in [-0.25, -0.2) is 4.79 Å². The first-order valence-electron chi connectivity index (χ1n) is 14.5. The summed E-state index contributed by atoms with van der Waals surface area (Å²) in [6.45, 7) is 5.73. The molecule has 2 aromatic rings. The van der Waals surface area contributed by atoms with Crippen LogP contribution in [-0.4, -0.2) is 33.7 Å². The molecule has 0 fully saturated rings. The van der Waals surface area contributed by atoms with Crippen LogP contribution < -0.4 is 4.74 Å². The van der Waals surface area contributed by atoms with Gasteiger partial charge in [-0.1, -0.05) is 87.4 Å². The fraction of sp³-hybridized carbons (Fsp3) is 0.500. The number of phenols is 2. The second-order valence-corrected chi connectivity index (χ2v) is 11.0. The van der Waals surface area contributed by atoms with Gasteiger partial charge < -0.3 is 19.7 Å². The van der Waals surface area contributed by atoms with Gasteiger partial charge in [0.1, 0.15) is 6.61 Å². The van der Waals surface area contributed by atoms with Crippen LogP contribution in [-0.2, 0) is 16.1 Å². The number of benzene rings is 2. The largest absolute Gasteiger partial charge is 0.504 e. The van der Waals surface area contributed by atoms with Crippen molar-refractivity contribution in [1.82, 2.24) is 0 Å². The molecule has 2 N–H and O–H groups in total. The zero-order chi connectivity index (χ0) is 30.4.